The number of hydrogen-bond acceptors (Lipinski definition) is 6. The van der Waals surface area contributed by atoms with Gasteiger partial charge in [-0.05, 0) is 44.3 Å². The molecule has 0 heterocycles. The SMILES string of the molecule is Cc1ccc(S(=O)(=O)OC(c2ccccc2)C(C#N)(O[Si](C)(C)C)C(=O)c2ccccc2)cc1. The smallest absolute Gasteiger partial charge is 0.297 e. The van der Waals surface area contributed by atoms with E-state index >= 15 is 0 Å². The molecule has 0 radical (unpaired) electrons. The number of ketones is 1. The summed E-state index contributed by atoms with van der Waals surface area (Å²) in [5, 5.41) is 10.5. The molecule has 0 aliphatic carbocycles. The Balaban J connectivity index is 2.23. The minimum Gasteiger partial charge on any atom is -0.392 e. The fourth-order valence-corrected chi connectivity index (χ4v) is 5.80. The second-order valence-electron chi connectivity index (χ2n) is 8.91. The van der Waals surface area contributed by atoms with Gasteiger partial charge in [-0.25, -0.2) is 0 Å². The maximum Gasteiger partial charge on any atom is 0.297 e. The maximum absolute atomic E-state index is 13.9. The van der Waals surface area contributed by atoms with Crippen molar-refractivity contribution in [1.29, 1.82) is 5.26 Å². The molecule has 0 bridgehead atoms. The van der Waals surface area contributed by atoms with Crippen LogP contribution in [0.2, 0.25) is 19.6 Å². The first kappa shape index (κ1) is 25.5. The fourth-order valence-electron chi connectivity index (χ4n) is 3.51. The van der Waals surface area contributed by atoms with Crippen molar-refractivity contribution in [3.63, 3.8) is 0 Å². The molecule has 0 N–H and O–H groups in total. The third kappa shape index (κ3) is 5.69. The van der Waals surface area contributed by atoms with Crippen molar-refractivity contribution in [2.75, 3.05) is 0 Å². The van der Waals surface area contributed by atoms with E-state index in [0.29, 0.717) is 5.56 Å². The molecule has 6 nitrogen and oxygen atoms in total. The molecule has 176 valence electrons. The highest BCUT2D eigenvalue weighted by Gasteiger charge is 2.53. The fraction of sp³-hybridized carbons (Fsp3) is 0.231. The molecular weight excluding hydrogens is 466 g/mol. The van der Waals surface area contributed by atoms with Gasteiger partial charge in [0, 0.05) is 5.56 Å². The van der Waals surface area contributed by atoms with Crippen LogP contribution in [0, 0.1) is 18.3 Å². The van der Waals surface area contributed by atoms with E-state index in [2.05, 4.69) is 0 Å². The molecular formula is C26H27NO5SSi. The van der Waals surface area contributed by atoms with Crippen LogP contribution in [0.5, 0.6) is 0 Å². The van der Waals surface area contributed by atoms with Crippen molar-refractivity contribution in [2.45, 2.75) is 43.2 Å². The van der Waals surface area contributed by atoms with Gasteiger partial charge in [0.1, 0.15) is 6.07 Å². The molecule has 3 aromatic rings. The van der Waals surface area contributed by atoms with Gasteiger partial charge in [-0.3, -0.25) is 8.98 Å². The average molecular weight is 494 g/mol. The molecule has 0 saturated carbocycles. The van der Waals surface area contributed by atoms with E-state index in [-0.39, 0.29) is 10.5 Å². The third-order valence-corrected chi connectivity index (χ3v) is 7.24. The summed E-state index contributed by atoms with van der Waals surface area (Å²) in [6, 6.07) is 24.8. The number of carbonyl (C=O) groups is 1. The van der Waals surface area contributed by atoms with Crippen LogP contribution in [0.1, 0.15) is 27.6 Å². The number of rotatable bonds is 9. The number of nitrogens with zero attached hydrogens (tertiary/aromatic N) is 1. The van der Waals surface area contributed by atoms with E-state index in [9.17, 15) is 18.5 Å². The zero-order chi connectivity index (χ0) is 25.0. The summed E-state index contributed by atoms with van der Waals surface area (Å²) in [5.74, 6) is -0.661. The topological polar surface area (TPSA) is 93.5 Å². The predicted octanol–water partition coefficient (Wildman–Crippen LogP) is 5.44. The number of aryl methyl sites for hydroxylation is 1. The monoisotopic (exact) mass is 493 g/mol. The van der Waals surface area contributed by atoms with Crippen molar-refractivity contribution in [3.8, 4) is 6.07 Å². The number of benzene rings is 3. The Morgan fingerprint density at radius 1 is 0.912 bits per heavy atom. The lowest BCUT2D eigenvalue weighted by atomic mass is 9.85. The zero-order valence-electron chi connectivity index (χ0n) is 19.6. The Bertz CT molecular complexity index is 1280. The summed E-state index contributed by atoms with van der Waals surface area (Å²) in [6.07, 6.45) is -1.54. The lowest BCUT2D eigenvalue weighted by Gasteiger charge is -2.37. The van der Waals surface area contributed by atoms with Crippen LogP contribution in [0.3, 0.4) is 0 Å². The number of carbonyl (C=O) groups excluding carboxylic acids is 1. The molecule has 0 aliphatic heterocycles. The predicted molar refractivity (Wildman–Crippen MR) is 132 cm³/mol. The van der Waals surface area contributed by atoms with Crippen molar-refractivity contribution in [2.24, 2.45) is 0 Å². The second-order valence-corrected chi connectivity index (χ2v) is 14.9. The summed E-state index contributed by atoms with van der Waals surface area (Å²) < 4.78 is 38.6. The van der Waals surface area contributed by atoms with E-state index in [1.807, 2.05) is 32.6 Å². The Labute approximate surface area is 202 Å². The molecule has 2 unspecified atom stereocenters. The Morgan fingerprint density at radius 3 is 1.94 bits per heavy atom. The lowest BCUT2D eigenvalue weighted by Crippen LogP contribution is -2.53. The second kappa shape index (κ2) is 10.0. The van der Waals surface area contributed by atoms with Gasteiger partial charge in [0.05, 0.1) is 4.90 Å². The standard InChI is InChI=1S/C26H27NO5SSi/c1-20-15-17-23(18-16-20)33(29,30)31-25(22-13-9-6-10-14-22)26(19-27,32-34(2,3)4)24(28)21-11-7-5-8-12-21/h5-18,25H,1-4H3. The van der Waals surface area contributed by atoms with E-state index in [4.69, 9.17) is 8.61 Å². The van der Waals surface area contributed by atoms with Gasteiger partial charge in [0.15, 0.2) is 14.4 Å². The van der Waals surface area contributed by atoms with E-state index < -0.39 is 35.9 Å². The molecule has 8 heteroatoms. The van der Waals surface area contributed by atoms with Crippen LogP contribution in [0.4, 0.5) is 0 Å². The van der Waals surface area contributed by atoms with Crippen LogP contribution in [-0.4, -0.2) is 28.1 Å². The molecule has 0 fully saturated rings. The molecule has 3 rings (SSSR count). The summed E-state index contributed by atoms with van der Waals surface area (Å²) in [6.45, 7) is 7.32. The van der Waals surface area contributed by atoms with Gasteiger partial charge in [-0.2, -0.15) is 13.7 Å². The Hall–Kier alpha value is -3.09. The van der Waals surface area contributed by atoms with Crippen molar-refractivity contribution in [3.05, 3.63) is 102 Å². The zero-order valence-corrected chi connectivity index (χ0v) is 21.4. The minimum absolute atomic E-state index is 0.0777. The number of hydrogen-bond donors (Lipinski definition) is 0. The van der Waals surface area contributed by atoms with Gasteiger partial charge in [0.25, 0.3) is 10.1 Å². The number of nitriles is 1. The van der Waals surface area contributed by atoms with E-state index in [1.54, 1.807) is 72.8 Å². The van der Waals surface area contributed by atoms with Crippen molar-refractivity contribution in [1.82, 2.24) is 0 Å². The molecule has 0 aromatic heterocycles. The van der Waals surface area contributed by atoms with Crippen LogP contribution >= 0.6 is 0 Å². The van der Waals surface area contributed by atoms with E-state index in [0.717, 1.165) is 5.56 Å². The lowest BCUT2D eigenvalue weighted by molar-refractivity contribution is 0.00588. The summed E-state index contributed by atoms with van der Waals surface area (Å²) in [5.41, 5.74) is -0.793. The van der Waals surface area contributed by atoms with Gasteiger partial charge < -0.3 is 4.43 Å². The minimum atomic E-state index is -4.36. The van der Waals surface area contributed by atoms with Gasteiger partial charge in [-0.1, -0.05) is 78.4 Å². The number of Topliss-reactive ketones (excluding diaryl/α,β-unsaturated/α-hetero) is 1. The molecule has 0 amide bonds. The van der Waals surface area contributed by atoms with Gasteiger partial charge >= 0.3 is 0 Å². The maximum atomic E-state index is 13.9. The molecule has 3 aromatic carbocycles. The van der Waals surface area contributed by atoms with Crippen molar-refractivity contribution >= 4 is 24.2 Å². The van der Waals surface area contributed by atoms with Gasteiger partial charge in [-0.15, -0.1) is 0 Å². The molecule has 0 aliphatic rings. The van der Waals surface area contributed by atoms with Crippen molar-refractivity contribution < 1.29 is 21.8 Å². The third-order valence-electron chi connectivity index (χ3n) is 5.01. The quantitative estimate of drug-likeness (QED) is 0.224. The summed E-state index contributed by atoms with van der Waals surface area (Å²) in [7, 11) is -6.94. The highest BCUT2D eigenvalue weighted by molar-refractivity contribution is 7.86. The van der Waals surface area contributed by atoms with Crippen LogP contribution < -0.4 is 0 Å². The Kier molecular flexibility index (Phi) is 7.53. The van der Waals surface area contributed by atoms with Crippen LogP contribution in [0.15, 0.2) is 89.8 Å². The molecule has 34 heavy (non-hydrogen) atoms. The van der Waals surface area contributed by atoms with Gasteiger partial charge in [0.2, 0.25) is 11.4 Å². The molecule has 0 spiro atoms. The largest absolute Gasteiger partial charge is 0.392 e. The first-order valence-corrected chi connectivity index (χ1v) is 15.6. The first-order chi connectivity index (χ1) is 16.0. The normalized spacial score (nSPS) is 14.6. The summed E-state index contributed by atoms with van der Waals surface area (Å²) in [4.78, 5) is 13.8. The molecule has 2 atom stereocenters. The first-order valence-electron chi connectivity index (χ1n) is 10.7. The molecule has 0 saturated heterocycles. The Morgan fingerprint density at radius 2 is 1.44 bits per heavy atom. The summed E-state index contributed by atoms with van der Waals surface area (Å²) >= 11 is 0. The highest BCUT2D eigenvalue weighted by atomic mass is 32.2. The van der Waals surface area contributed by atoms with E-state index in [1.165, 1.54) is 12.1 Å². The average Bonchev–Trinajstić information content (AvgIpc) is 2.81. The highest BCUT2D eigenvalue weighted by Crippen LogP contribution is 2.40. The van der Waals surface area contributed by atoms with Crippen LogP contribution in [0.25, 0.3) is 0 Å². The van der Waals surface area contributed by atoms with Crippen LogP contribution in [-0.2, 0) is 18.7 Å².